The van der Waals surface area contributed by atoms with Gasteiger partial charge < -0.3 is 4.57 Å². The maximum Gasteiger partial charge on any atom is 0.165 e. The van der Waals surface area contributed by atoms with E-state index in [0.717, 1.165) is 50.4 Å². The first kappa shape index (κ1) is 34.5. The summed E-state index contributed by atoms with van der Waals surface area (Å²) in [5.41, 5.74) is 14.1. The van der Waals surface area contributed by atoms with Crippen molar-refractivity contribution in [3.05, 3.63) is 218 Å². The number of hydrogen-bond acceptors (Lipinski definition) is 2. The minimum Gasteiger partial charge on any atom is -0.309 e. The van der Waals surface area contributed by atoms with Gasteiger partial charge in [0.25, 0.3) is 0 Å². The van der Waals surface area contributed by atoms with Crippen LogP contribution in [-0.2, 0) is 0 Å². The lowest BCUT2D eigenvalue weighted by Crippen LogP contribution is -2.04. The van der Waals surface area contributed by atoms with Crippen molar-refractivity contribution in [3.8, 4) is 45.0 Å². The highest BCUT2D eigenvalue weighted by molar-refractivity contribution is 6.23. The van der Waals surface area contributed by atoms with Crippen LogP contribution in [0, 0.1) is 0 Å². The third-order valence-corrected chi connectivity index (χ3v) is 12.7. The first-order chi connectivity index (χ1) is 30.7. The van der Waals surface area contributed by atoms with E-state index in [1.165, 1.54) is 70.8 Å². The summed E-state index contributed by atoms with van der Waals surface area (Å²) in [6.07, 6.45) is 0. The Morgan fingerprint density at radius 2 is 0.968 bits per heavy atom. The monoisotopic (exact) mass is 788 g/mol. The van der Waals surface area contributed by atoms with E-state index < -0.39 is 0 Å². The summed E-state index contributed by atoms with van der Waals surface area (Å²) in [6.45, 7) is 0. The van der Waals surface area contributed by atoms with Gasteiger partial charge in [-0.05, 0) is 93.0 Å². The Morgan fingerprint density at radius 1 is 0.323 bits per heavy atom. The SMILES string of the molecule is c1ccc(-c2nc3ccccc3nc2-n2c3cccc(-c4ccc5c(c4)c4ccccc4n5-c4ccc(-c5ccc6ccccc6c5)cc4)c3c3ccc4ccccc4c32)cc1. The van der Waals surface area contributed by atoms with Gasteiger partial charge in [-0.2, -0.15) is 0 Å². The summed E-state index contributed by atoms with van der Waals surface area (Å²) in [4.78, 5) is 10.8. The summed E-state index contributed by atoms with van der Waals surface area (Å²) in [7, 11) is 0. The van der Waals surface area contributed by atoms with Gasteiger partial charge in [-0.1, -0.05) is 164 Å². The molecule has 3 heterocycles. The Kier molecular flexibility index (Phi) is 7.57. The summed E-state index contributed by atoms with van der Waals surface area (Å²) >= 11 is 0. The predicted molar refractivity (Wildman–Crippen MR) is 260 cm³/mol. The molecule has 0 radical (unpaired) electrons. The minimum absolute atomic E-state index is 0.813. The molecule has 10 aromatic carbocycles. The number of aromatic nitrogens is 4. The van der Waals surface area contributed by atoms with Gasteiger partial charge in [0.05, 0.1) is 33.1 Å². The van der Waals surface area contributed by atoms with Crippen LogP contribution in [0.25, 0.3) is 121 Å². The largest absolute Gasteiger partial charge is 0.309 e. The number of para-hydroxylation sites is 3. The highest BCUT2D eigenvalue weighted by Crippen LogP contribution is 2.44. The molecule has 0 aliphatic carbocycles. The highest BCUT2D eigenvalue weighted by Gasteiger charge is 2.23. The highest BCUT2D eigenvalue weighted by atomic mass is 15.1. The van der Waals surface area contributed by atoms with Gasteiger partial charge in [0.2, 0.25) is 0 Å². The van der Waals surface area contributed by atoms with Gasteiger partial charge in [-0.15, -0.1) is 0 Å². The van der Waals surface area contributed by atoms with Crippen molar-refractivity contribution < 1.29 is 0 Å². The van der Waals surface area contributed by atoms with E-state index in [1.54, 1.807) is 0 Å². The molecule has 13 rings (SSSR count). The molecule has 0 fully saturated rings. The Labute approximate surface area is 357 Å². The van der Waals surface area contributed by atoms with Gasteiger partial charge in [-0.3, -0.25) is 4.57 Å². The first-order valence-corrected chi connectivity index (χ1v) is 21.2. The fourth-order valence-electron chi connectivity index (χ4n) is 9.82. The second kappa shape index (κ2) is 13.6. The van der Waals surface area contributed by atoms with Gasteiger partial charge in [0, 0.05) is 38.2 Å². The molecule has 4 heteroatoms. The molecule has 0 amide bonds. The normalized spacial score (nSPS) is 11.9. The van der Waals surface area contributed by atoms with Crippen LogP contribution in [0.4, 0.5) is 0 Å². The van der Waals surface area contributed by atoms with Gasteiger partial charge in [0.15, 0.2) is 5.82 Å². The van der Waals surface area contributed by atoms with Crippen LogP contribution in [0.1, 0.15) is 0 Å². The van der Waals surface area contributed by atoms with E-state index in [-0.39, 0.29) is 0 Å². The molecule has 0 N–H and O–H groups in total. The lowest BCUT2D eigenvalue weighted by Gasteiger charge is -2.14. The number of hydrogen-bond donors (Lipinski definition) is 0. The molecule has 0 aliphatic heterocycles. The molecule has 0 spiro atoms. The Morgan fingerprint density at radius 3 is 1.82 bits per heavy atom. The average Bonchev–Trinajstić information content (AvgIpc) is 3.87. The molecule has 13 aromatic rings. The summed E-state index contributed by atoms with van der Waals surface area (Å²) < 4.78 is 4.77. The zero-order valence-electron chi connectivity index (χ0n) is 33.6. The fraction of sp³-hybridized carbons (Fsp3) is 0. The lowest BCUT2D eigenvalue weighted by molar-refractivity contribution is 1.08. The predicted octanol–water partition coefficient (Wildman–Crippen LogP) is 15.1. The molecule has 0 saturated carbocycles. The second-order valence-corrected chi connectivity index (χ2v) is 16.2. The van der Waals surface area contributed by atoms with E-state index in [1.807, 2.05) is 18.2 Å². The Balaban J connectivity index is 1.03. The molecule has 0 atom stereocenters. The van der Waals surface area contributed by atoms with Crippen LogP contribution in [0.5, 0.6) is 0 Å². The van der Waals surface area contributed by atoms with Crippen LogP contribution < -0.4 is 0 Å². The number of fused-ring (bicyclic) bond motifs is 10. The van der Waals surface area contributed by atoms with Crippen molar-refractivity contribution in [1.29, 1.82) is 0 Å². The molecule has 62 heavy (non-hydrogen) atoms. The van der Waals surface area contributed by atoms with Crippen LogP contribution in [0.15, 0.2) is 218 Å². The van der Waals surface area contributed by atoms with E-state index in [9.17, 15) is 0 Å². The molecule has 0 saturated heterocycles. The van der Waals surface area contributed by atoms with Crippen molar-refractivity contribution in [3.63, 3.8) is 0 Å². The van der Waals surface area contributed by atoms with Crippen LogP contribution in [0.3, 0.4) is 0 Å². The van der Waals surface area contributed by atoms with E-state index >= 15 is 0 Å². The average molecular weight is 789 g/mol. The smallest absolute Gasteiger partial charge is 0.165 e. The summed E-state index contributed by atoms with van der Waals surface area (Å²) in [5, 5.41) is 9.67. The lowest BCUT2D eigenvalue weighted by atomic mass is 9.97. The zero-order chi connectivity index (χ0) is 40.7. The third-order valence-electron chi connectivity index (χ3n) is 12.7. The van der Waals surface area contributed by atoms with Crippen LogP contribution >= 0.6 is 0 Å². The minimum atomic E-state index is 0.813. The van der Waals surface area contributed by atoms with E-state index in [2.05, 4.69) is 209 Å². The molecular weight excluding hydrogens is 753 g/mol. The molecule has 0 bridgehead atoms. The van der Waals surface area contributed by atoms with Crippen molar-refractivity contribution in [1.82, 2.24) is 19.1 Å². The van der Waals surface area contributed by atoms with Crippen molar-refractivity contribution >= 4 is 76.2 Å². The molecule has 288 valence electrons. The van der Waals surface area contributed by atoms with Crippen molar-refractivity contribution in [2.24, 2.45) is 0 Å². The Hall–Kier alpha value is -8.34. The quantitative estimate of drug-likeness (QED) is 0.174. The standard InChI is InChI=1S/C58H36N4/c1-2-15-40(16-3-1)56-58(60-51-22-10-9-21-50(51)59-56)62-54-24-12-20-45(55(54)48-33-29-39-14-6-7-18-46(39)57(48)62)43-30-34-53-49(36-43)47-19-8-11-23-52(47)61(53)44-31-27-38(28-32-44)42-26-25-37-13-4-5-17-41(37)35-42/h1-36H. The maximum atomic E-state index is 5.44. The number of rotatable bonds is 5. The topological polar surface area (TPSA) is 35.6 Å². The van der Waals surface area contributed by atoms with Gasteiger partial charge in [0.1, 0.15) is 5.69 Å². The van der Waals surface area contributed by atoms with Crippen molar-refractivity contribution in [2.75, 3.05) is 0 Å². The first-order valence-electron chi connectivity index (χ1n) is 21.2. The third kappa shape index (κ3) is 5.27. The molecule has 0 aliphatic rings. The van der Waals surface area contributed by atoms with Gasteiger partial charge >= 0.3 is 0 Å². The molecular formula is C58H36N4. The van der Waals surface area contributed by atoms with Crippen LogP contribution in [0.2, 0.25) is 0 Å². The van der Waals surface area contributed by atoms with Crippen LogP contribution in [-0.4, -0.2) is 19.1 Å². The molecule has 4 nitrogen and oxygen atoms in total. The maximum absolute atomic E-state index is 5.44. The number of nitrogens with zero attached hydrogens (tertiary/aromatic N) is 4. The summed E-state index contributed by atoms with van der Waals surface area (Å²) in [6, 6.07) is 78.6. The van der Waals surface area contributed by atoms with Gasteiger partial charge in [-0.25, -0.2) is 9.97 Å². The zero-order valence-corrected chi connectivity index (χ0v) is 33.6. The molecule has 3 aromatic heterocycles. The second-order valence-electron chi connectivity index (χ2n) is 16.2. The van der Waals surface area contributed by atoms with Crippen molar-refractivity contribution in [2.45, 2.75) is 0 Å². The van der Waals surface area contributed by atoms with E-state index in [4.69, 9.17) is 9.97 Å². The number of benzene rings is 10. The van der Waals surface area contributed by atoms with E-state index in [0.29, 0.717) is 0 Å². The Bertz CT molecular complexity index is 3910. The molecule has 0 unspecified atom stereocenters. The summed E-state index contributed by atoms with van der Waals surface area (Å²) in [5.74, 6) is 0.813. The fourth-order valence-corrected chi connectivity index (χ4v) is 9.82.